The van der Waals surface area contributed by atoms with Crippen molar-refractivity contribution in [3.05, 3.63) is 69.8 Å². The molecule has 0 heterocycles. The highest BCUT2D eigenvalue weighted by atomic mass is 19.4. The molecule has 0 atom stereocenters. The molecule has 2 rings (SSSR count). The van der Waals surface area contributed by atoms with Crippen molar-refractivity contribution in [1.29, 1.82) is 0 Å². The van der Waals surface area contributed by atoms with Crippen LogP contribution in [0.5, 0.6) is 0 Å². The second-order valence-electron chi connectivity index (χ2n) is 4.66. The largest absolute Gasteiger partial charge is 0.416 e. The zero-order chi connectivity index (χ0) is 17.0. The Morgan fingerprint density at radius 3 is 2.35 bits per heavy atom. The Morgan fingerprint density at radius 1 is 1.13 bits per heavy atom. The van der Waals surface area contributed by atoms with Gasteiger partial charge in [0.2, 0.25) is 0 Å². The Labute approximate surface area is 128 Å². The summed E-state index contributed by atoms with van der Waals surface area (Å²) in [6.45, 7) is -0.223. The van der Waals surface area contributed by atoms with Crippen LogP contribution in [0.25, 0.3) is 0 Å². The molecule has 0 bridgehead atoms. The Bertz CT molecular complexity index is 727. The van der Waals surface area contributed by atoms with Gasteiger partial charge in [-0.25, -0.2) is 0 Å². The van der Waals surface area contributed by atoms with Gasteiger partial charge < -0.3 is 5.32 Å². The van der Waals surface area contributed by atoms with Gasteiger partial charge in [0, 0.05) is 23.4 Å². The molecule has 0 spiro atoms. The van der Waals surface area contributed by atoms with Crippen LogP contribution in [0, 0.1) is 10.1 Å². The number of nitrogens with zero attached hydrogens (tertiary/aromatic N) is 1. The first kappa shape index (κ1) is 16.5. The van der Waals surface area contributed by atoms with Crippen LogP contribution in [0.15, 0.2) is 48.5 Å². The van der Waals surface area contributed by atoms with E-state index in [2.05, 4.69) is 5.32 Å². The molecule has 0 fully saturated rings. The van der Waals surface area contributed by atoms with Gasteiger partial charge in [-0.15, -0.1) is 0 Å². The number of hydrogen-bond acceptors (Lipinski definition) is 4. The molecule has 0 unspecified atom stereocenters. The quantitative estimate of drug-likeness (QED) is 0.514. The number of carbonyl (C=O) groups is 1. The molecular weight excluding hydrogens is 313 g/mol. The summed E-state index contributed by atoms with van der Waals surface area (Å²) < 4.78 is 37.8. The highest BCUT2D eigenvalue weighted by Crippen LogP contribution is 2.30. The predicted molar refractivity (Wildman–Crippen MR) is 77.4 cm³/mol. The second-order valence-corrected chi connectivity index (χ2v) is 4.66. The number of anilines is 1. The number of rotatable bonds is 5. The van der Waals surface area contributed by atoms with Crippen molar-refractivity contribution < 1.29 is 22.9 Å². The number of ketones is 1. The summed E-state index contributed by atoms with van der Waals surface area (Å²) in [4.78, 5) is 21.9. The number of hydrogen-bond donors (Lipinski definition) is 1. The van der Waals surface area contributed by atoms with E-state index in [0.29, 0.717) is 0 Å². The molecule has 2 aromatic carbocycles. The SMILES string of the molecule is O=C(CNc1cccc(C(F)(F)F)c1)c1ccc([N+](=O)[O-])cc1. The number of alkyl halides is 3. The maximum absolute atomic E-state index is 12.6. The summed E-state index contributed by atoms with van der Waals surface area (Å²) in [7, 11) is 0. The van der Waals surface area contributed by atoms with Gasteiger partial charge in [0.15, 0.2) is 5.78 Å². The number of benzene rings is 2. The van der Waals surface area contributed by atoms with Crippen LogP contribution in [0.1, 0.15) is 15.9 Å². The number of carbonyl (C=O) groups excluding carboxylic acids is 1. The number of nitro benzene ring substituents is 1. The molecular formula is C15H11F3N2O3. The fraction of sp³-hybridized carbons (Fsp3) is 0.133. The van der Waals surface area contributed by atoms with Crippen molar-refractivity contribution in [2.45, 2.75) is 6.18 Å². The molecule has 23 heavy (non-hydrogen) atoms. The standard InChI is InChI=1S/C15H11F3N2O3/c16-15(17,18)11-2-1-3-12(8-11)19-9-14(21)10-4-6-13(7-5-10)20(22)23/h1-8,19H,9H2. The number of halogens is 3. The van der Waals surface area contributed by atoms with Crippen molar-refractivity contribution in [1.82, 2.24) is 0 Å². The summed E-state index contributed by atoms with van der Waals surface area (Å²) >= 11 is 0. The average Bonchev–Trinajstić information content (AvgIpc) is 2.52. The van der Waals surface area contributed by atoms with Gasteiger partial charge in [-0.1, -0.05) is 6.07 Å². The summed E-state index contributed by atoms with van der Waals surface area (Å²) in [6, 6.07) is 9.48. The Morgan fingerprint density at radius 2 is 1.78 bits per heavy atom. The van der Waals surface area contributed by atoms with E-state index in [-0.39, 0.29) is 23.5 Å². The van der Waals surface area contributed by atoms with Crippen LogP contribution in [0.3, 0.4) is 0 Å². The van der Waals surface area contributed by atoms with Gasteiger partial charge >= 0.3 is 6.18 Å². The fourth-order valence-corrected chi connectivity index (χ4v) is 1.86. The second kappa shape index (κ2) is 6.47. The molecule has 0 aliphatic rings. The smallest absolute Gasteiger partial charge is 0.378 e. The molecule has 0 radical (unpaired) electrons. The minimum absolute atomic E-state index is 0.146. The molecule has 0 amide bonds. The number of nitro groups is 1. The molecule has 0 saturated carbocycles. The van der Waals surface area contributed by atoms with Crippen LogP contribution < -0.4 is 5.32 Å². The van der Waals surface area contributed by atoms with E-state index in [9.17, 15) is 28.1 Å². The lowest BCUT2D eigenvalue weighted by Gasteiger charge is -2.10. The van der Waals surface area contributed by atoms with Crippen LogP contribution in [0.4, 0.5) is 24.5 Å². The Balaban J connectivity index is 2.03. The molecule has 2 aromatic rings. The fourth-order valence-electron chi connectivity index (χ4n) is 1.86. The van der Waals surface area contributed by atoms with Gasteiger partial charge in [0.05, 0.1) is 17.0 Å². The van der Waals surface area contributed by atoms with Crippen molar-refractivity contribution in [2.75, 3.05) is 11.9 Å². The van der Waals surface area contributed by atoms with Crippen LogP contribution in [-0.4, -0.2) is 17.3 Å². The van der Waals surface area contributed by atoms with Crippen LogP contribution >= 0.6 is 0 Å². The van der Waals surface area contributed by atoms with Gasteiger partial charge in [-0.3, -0.25) is 14.9 Å². The zero-order valence-corrected chi connectivity index (χ0v) is 11.6. The van der Waals surface area contributed by atoms with Crippen molar-refractivity contribution in [3.63, 3.8) is 0 Å². The van der Waals surface area contributed by atoms with Crippen molar-refractivity contribution >= 4 is 17.2 Å². The lowest BCUT2D eigenvalue weighted by molar-refractivity contribution is -0.384. The van der Waals surface area contributed by atoms with Gasteiger partial charge in [0.1, 0.15) is 0 Å². The molecule has 0 saturated heterocycles. The first-order valence-electron chi connectivity index (χ1n) is 6.46. The van der Waals surface area contributed by atoms with Gasteiger partial charge in [0.25, 0.3) is 5.69 Å². The van der Waals surface area contributed by atoms with E-state index in [1.165, 1.54) is 36.4 Å². The van der Waals surface area contributed by atoms with Gasteiger partial charge in [-0.05, 0) is 30.3 Å². The highest BCUT2D eigenvalue weighted by molar-refractivity contribution is 5.99. The topological polar surface area (TPSA) is 72.2 Å². The van der Waals surface area contributed by atoms with E-state index in [1.807, 2.05) is 0 Å². The molecule has 0 aliphatic heterocycles. The Kier molecular flexibility index (Phi) is 4.63. The molecule has 8 heteroatoms. The van der Waals surface area contributed by atoms with E-state index in [0.717, 1.165) is 12.1 Å². The Hall–Kier alpha value is -2.90. The molecule has 0 aliphatic carbocycles. The lowest BCUT2D eigenvalue weighted by atomic mass is 10.1. The third-order valence-corrected chi connectivity index (χ3v) is 3.04. The number of Topliss-reactive ketones (excluding diaryl/α,β-unsaturated/α-hetero) is 1. The minimum Gasteiger partial charge on any atom is -0.378 e. The lowest BCUT2D eigenvalue weighted by Crippen LogP contribution is -2.14. The van der Waals surface area contributed by atoms with Crippen LogP contribution in [-0.2, 0) is 6.18 Å². The number of non-ortho nitro benzene ring substituents is 1. The first-order chi connectivity index (χ1) is 10.8. The summed E-state index contributed by atoms with van der Waals surface area (Å²) in [5, 5.41) is 13.1. The normalized spacial score (nSPS) is 11.1. The van der Waals surface area contributed by atoms with Crippen molar-refractivity contribution in [3.8, 4) is 0 Å². The van der Waals surface area contributed by atoms with Gasteiger partial charge in [-0.2, -0.15) is 13.2 Å². The molecule has 0 aromatic heterocycles. The van der Waals surface area contributed by atoms with E-state index in [4.69, 9.17) is 0 Å². The van der Waals surface area contributed by atoms with E-state index in [1.54, 1.807) is 0 Å². The third kappa shape index (κ3) is 4.29. The first-order valence-corrected chi connectivity index (χ1v) is 6.46. The van der Waals surface area contributed by atoms with Crippen molar-refractivity contribution in [2.24, 2.45) is 0 Å². The predicted octanol–water partition coefficient (Wildman–Crippen LogP) is 3.91. The maximum Gasteiger partial charge on any atom is 0.416 e. The van der Waals surface area contributed by atoms with Crippen LogP contribution in [0.2, 0.25) is 0 Å². The minimum atomic E-state index is -4.46. The average molecular weight is 324 g/mol. The summed E-state index contributed by atoms with van der Waals surface area (Å²) in [5.74, 6) is -0.391. The zero-order valence-electron chi connectivity index (χ0n) is 11.6. The summed E-state index contributed by atoms with van der Waals surface area (Å²) in [5.41, 5.74) is -0.567. The number of nitrogens with one attached hydrogen (secondary N) is 1. The highest BCUT2D eigenvalue weighted by Gasteiger charge is 2.30. The third-order valence-electron chi connectivity index (χ3n) is 3.04. The summed E-state index contributed by atoms with van der Waals surface area (Å²) in [6.07, 6.45) is -4.46. The molecule has 1 N–H and O–H groups in total. The van der Waals surface area contributed by atoms with E-state index < -0.39 is 22.4 Å². The molecule has 120 valence electrons. The monoisotopic (exact) mass is 324 g/mol. The van der Waals surface area contributed by atoms with E-state index >= 15 is 0 Å². The molecule has 5 nitrogen and oxygen atoms in total. The maximum atomic E-state index is 12.6.